The van der Waals surface area contributed by atoms with Crippen LogP contribution in [0.4, 0.5) is 11.5 Å². The fourth-order valence-corrected chi connectivity index (χ4v) is 6.00. The van der Waals surface area contributed by atoms with Crippen LogP contribution in [0.1, 0.15) is 61.0 Å². The second-order valence-electron chi connectivity index (χ2n) is 9.37. The highest BCUT2D eigenvalue weighted by atomic mass is 32.2. The molecule has 1 aromatic heterocycles. The number of pyridine rings is 1. The Morgan fingerprint density at radius 3 is 2.43 bits per heavy atom. The van der Waals surface area contributed by atoms with E-state index in [4.69, 9.17) is 0 Å². The van der Waals surface area contributed by atoms with Crippen molar-refractivity contribution in [3.05, 3.63) is 47.2 Å². The lowest BCUT2D eigenvalue weighted by Gasteiger charge is -2.31. The van der Waals surface area contributed by atoms with Gasteiger partial charge in [0.1, 0.15) is 5.82 Å². The van der Waals surface area contributed by atoms with Crippen molar-refractivity contribution in [3.63, 3.8) is 0 Å². The molecule has 2 aliphatic rings. The Hall–Kier alpha value is -2.65. The molecule has 0 radical (unpaired) electrons. The maximum atomic E-state index is 13.6. The van der Waals surface area contributed by atoms with Crippen LogP contribution in [0.5, 0.6) is 0 Å². The third kappa shape index (κ3) is 5.95. The summed E-state index contributed by atoms with van der Waals surface area (Å²) < 4.78 is 29.2. The first-order valence-electron chi connectivity index (χ1n) is 12.8. The first-order chi connectivity index (χ1) is 16.9. The minimum atomic E-state index is -3.81. The number of hydrogen-bond donors (Lipinski definition) is 2. The minimum absolute atomic E-state index is 0.107. The third-order valence-electron chi connectivity index (χ3n) is 6.67. The summed E-state index contributed by atoms with van der Waals surface area (Å²) in [5, 5.41) is 3.32. The van der Waals surface area contributed by atoms with Gasteiger partial charge in [-0.2, -0.15) is 0 Å². The van der Waals surface area contributed by atoms with E-state index in [1.54, 1.807) is 18.2 Å². The van der Waals surface area contributed by atoms with Crippen LogP contribution in [0, 0.1) is 0 Å². The van der Waals surface area contributed by atoms with Gasteiger partial charge in [-0.1, -0.05) is 19.9 Å². The second-order valence-corrected chi connectivity index (χ2v) is 11.0. The lowest BCUT2D eigenvalue weighted by Crippen LogP contribution is -2.45. The highest BCUT2D eigenvalue weighted by Crippen LogP contribution is 2.28. The van der Waals surface area contributed by atoms with Crippen molar-refractivity contribution in [1.82, 2.24) is 15.2 Å². The van der Waals surface area contributed by atoms with E-state index in [0.29, 0.717) is 30.2 Å². The SMILES string of the molecule is CCCN(CCC)C(=O)c1cc(NS(=O)(=O)c2ccc3c(c2)CCCC3)cnc1N1CCNCC1. The van der Waals surface area contributed by atoms with Crippen LogP contribution in [-0.2, 0) is 22.9 Å². The van der Waals surface area contributed by atoms with E-state index in [2.05, 4.69) is 33.8 Å². The van der Waals surface area contributed by atoms with Crippen molar-refractivity contribution in [2.24, 2.45) is 0 Å². The van der Waals surface area contributed by atoms with Crippen molar-refractivity contribution in [2.75, 3.05) is 48.9 Å². The maximum absolute atomic E-state index is 13.6. The van der Waals surface area contributed by atoms with Gasteiger partial charge in [-0.15, -0.1) is 0 Å². The first kappa shape index (κ1) is 25.4. The Balaban J connectivity index is 1.66. The summed E-state index contributed by atoms with van der Waals surface area (Å²) in [4.78, 5) is 22.4. The number of aromatic nitrogens is 1. The molecular formula is C26H37N5O3S. The summed E-state index contributed by atoms with van der Waals surface area (Å²) in [6.07, 6.45) is 7.36. The Labute approximate surface area is 209 Å². The Bertz CT molecular complexity index is 1140. The molecule has 2 aromatic rings. The molecule has 8 nitrogen and oxygen atoms in total. The number of sulfonamides is 1. The zero-order chi connectivity index (χ0) is 24.8. The highest BCUT2D eigenvalue weighted by molar-refractivity contribution is 7.92. The fourth-order valence-electron chi connectivity index (χ4n) is 4.92. The second kappa shape index (κ2) is 11.4. The number of carbonyl (C=O) groups is 1. The van der Waals surface area contributed by atoms with E-state index in [0.717, 1.165) is 70.3 Å². The van der Waals surface area contributed by atoms with Gasteiger partial charge in [0.2, 0.25) is 0 Å². The number of nitrogens with one attached hydrogen (secondary N) is 2. The molecule has 0 unspecified atom stereocenters. The number of piperazine rings is 1. The van der Waals surface area contributed by atoms with Gasteiger partial charge in [-0.05, 0) is 67.9 Å². The Morgan fingerprint density at radius 1 is 1.06 bits per heavy atom. The zero-order valence-corrected chi connectivity index (χ0v) is 21.7. The summed E-state index contributed by atoms with van der Waals surface area (Å²) in [5.74, 6) is 0.509. The Morgan fingerprint density at radius 2 is 1.74 bits per heavy atom. The van der Waals surface area contributed by atoms with Gasteiger partial charge in [0.25, 0.3) is 15.9 Å². The molecule has 1 aliphatic carbocycles. The molecule has 1 fully saturated rings. The molecule has 190 valence electrons. The number of hydrogen-bond acceptors (Lipinski definition) is 6. The van der Waals surface area contributed by atoms with Crippen LogP contribution in [0.25, 0.3) is 0 Å². The molecule has 2 N–H and O–H groups in total. The summed E-state index contributed by atoms with van der Waals surface area (Å²) in [7, 11) is -3.81. The first-order valence-corrected chi connectivity index (χ1v) is 14.3. The van der Waals surface area contributed by atoms with Crippen molar-refractivity contribution in [2.45, 2.75) is 57.3 Å². The molecule has 0 bridgehead atoms. The van der Waals surface area contributed by atoms with Crippen LogP contribution in [0.15, 0.2) is 35.4 Å². The predicted octanol–water partition coefficient (Wildman–Crippen LogP) is 3.43. The lowest BCUT2D eigenvalue weighted by atomic mass is 9.92. The molecule has 1 aromatic carbocycles. The van der Waals surface area contributed by atoms with Crippen molar-refractivity contribution >= 4 is 27.4 Å². The number of carbonyl (C=O) groups excluding carboxylic acids is 1. The molecule has 2 heterocycles. The van der Waals surface area contributed by atoms with Crippen molar-refractivity contribution < 1.29 is 13.2 Å². The summed E-state index contributed by atoms with van der Waals surface area (Å²) in [6.45, 7) is 8.52. The topological polar surface area (TPSA) is 94.6 Å². The predicted molar refractivity (Wildman–Crippen MR) is 140 cm³/mol. The smallest absolute Gasteiger partial charge is 0.261 e. The van der Waals surface area contributed by atoms with Crippen LogP contribution >= 0.6 is 0 Å². The van der Waals surface area contributed by atoms with Gasteiger partial charge in [-0.25, -0.2) is 13.4 Å². The maximum Gasteiger partial charge on any atom is 0.261 e. The van der Waals surface area contributed by atoms with E-state index in [1.807, 2.05) is 11.0 Å². The molecule has 4 rings (SSSR count). The standard InChI is InChI=1S/C26H37N5O3S/c1-3-13-31(14-4-2)26(32)24-18-22(19-28-25(24)30-15-11-27-12-16-30)29-35(33,34)23-10-9-20-7-5-6-8-21(20)17-23/h9-10,17-19,27,29H,3-8,11-16H2,1-2H3. The number of anilines is 2. The molecule has 1 amide bonds. The molecule has 0 atom stereocenters. The molecule has 1 aliphatic heterocycles. The van der Waals surface area contributed by atoms with Crippen molar-refractivity contribution in [1.29, 1.82) is 0 Å². The highest BCUT2D eigenvalue weighted by Gasteiger charge is 2.25. The van der Waals surface area contributed by atoms with E-state index >= 15 is 0 Å². The van der Waals surface area contributed by atoms with Crippen LogP contribution in [0.3, 0.4) is 0 Å². The summed E-state index contributed by atoms with van der Waals surface area (Å²) >= 11 is 0. The van der Waals surface area contributed by atoms with Gasteiger partial charge < -0.3 is 15.1 Å². The monoisotopic (exact) mass is 499 g/mol. The van der Waals surface area contributed by atoms with Gasteiger partial charge in [0, 0.05) is 39.3 Å². The molecular weight excluding hydrogens is 462 g/mol. The van der Waals surface area contributed by atoms with E-state index < -0.39 is 10.0 Å². The van der Waals surface area contributed by atoms with Gasteiger partial charge in [0.15, 0.2) is 0 Å². The van der Waals surface area contributed by atoms with Gasteiger partial charge >= 0.3 is 0 Å². The van der Waals surface area contributed by atoms with Crippen molar-refractivity contribution in [3.8, 4) is 0 Å². The van der Waals surface area contributed by atoms with Crippen LogP contribution in [-0.4, -0.2) is 63.5 Å². The molecule has 0 saturated carbocycles. The van der Waals surface area contributed by atoms with Gasteiger partial charge in [0.05, 0.1) is 22.3 Å². The van der Waals surface area contributed by atoms with Crippen LogP contribution in [0.2, 0.25) is 0 Å². The fraction of sp³-hybridized carbons (Fsp3) is 0.538. The minimum Gasteiger partial charge on any atom is -0.353 e. The average Bonchev–Trinajstić information content (AvgIpc) is 2.88. The zero-order valence-electron chi connectivity index (χ0n) is 20.8. The Kier molecular flexibility index (Phi) is 8.28. The third-order valence-corrected chi connectivity index (χ3v) is 8.05. The van der Waals surface area contributed by atoms with E-state index in [-0.39, 0.29) is 10.8 Å². The number of benzene rings is 1. The molecule has 0 spiro atoms. The lowest BCUT2D eigenvalue weighted by molar-refractivity contribution is 0.0755. The number of nitrogens with zero attached hydrogens (tertiary/aromatic N) is 3. The van der Waals surface area contributed by atoms with E-state index in [9.17, 15) is 13.2 Å². The number of rotatable bonds is 9. The number of amides is 1. The van der Waals surface area contributed by atoms with E-state index in [1.165, 1.54) is 11.8 Å². The largest absolute Gasteiger partial charge is 0.353 e. The average molecular weight is 500 g/mol. The van der Waals surface area contributed by atoms with Gasteiger partial charge in [-0.3, -0.25) is 9.52 Å². The summed E-state index contributed by atoms with van der Waals surface area (Å²) in [6, 6.07) is 7.04. The quantitative estimate of drug-likeness (QED) is 0.549. The normalized spacial score (nSPS) is 16.0. The number of aryl methyl sites for hydroxylation is 2. The molecule has 9 heteroatoms. The van der Waals surface area contributed by atoms with Crippen LogP contribution < -0.4 is 14.9 Å². The number of fused-ring (bicyclic) bond motifs is 1. The molecule has 35 heavy (non-hydrogen) atoms. The molecule has 1 saturated heterocycles. The summed E-state index contributed by atoms with van der Waals surface area (Å²) in [5.41, 5.74) is 3.09.